The number of methoxy groups -OCH3 is 1. The number of ether oxygens (including phenoxy) is 1. The minimum absolute atomic E-state index is 0.219. The van der Waals surface area contributed by atoms with Crippen molar-refractivity contribution in [2.45, 2.75) is 12.4 Å². The van der Waals surface area contributed by atoms with E-state index in [1.165, 1.54) is 0 Å². The molecular formula is C10H5F6IO2. The maximum absolute atomic E-state index is 12.7. The third-order valence-corrected chi connectivity index (χ3v) is 3.26. The highest BCUT2D eigenvalue weighted by Gasteiger charge is 2.41. The van der Waals surface area contributed by atoms with Crippen molar-refractivity contribution in [1.29, 1.82) is 0 Å². The summed E-state index contributed by atoms with van der Waals surface area (Å²) in [5, 5.41) is 0. The Labute approximate surface area is 116 Å². The zero-order valence-corrected chi connectivity index (χ0v) is 11.3. The van der Waals surface area contributed by atoms with Crippen LogP contribution >= 0.6 is 22.6 Å². The van der Waals surface area contributed by atoms with Crippen molar-refractivity contribution < 1.29 is 35.9 Å². The Bertz CT molecular complexity index is 506. The second-order valence-electron chi connectivity index (χ2n) is 3.34. The third-order valence-electron chi connectivity index (χ3n) is 2.14. The predicted octanol–water partition coefficient (Wildman–Crippen LogP) is 4.12. The molecule has 0 fully saturated rings. The van der Waals surface area contributed by atoms with E-state index in [1.807, 2.05) is 0 Å². The summed E-state index contributed by atoms with van der Waals surface area (Å²) in [4.78, 5) is 11.3. The molecule has 0 amide bonds. The number of hydrogen-bond donors (Lipinski definition) is 0. The number of rotatable bonds is 1. The van der Waals surface area contributed by atoms with Crippen molar-refractivity contribution in [3.8, 4) is 0 Å². The van der Waals surface area contributed by atoms with Crippen molar-refractivity contribution in [1.82, 2.24) is 0 Å². The van der Waals surface area contributed by atoms with E-state index in [0.717, 1.165) is 29.7 Å². The molecule has 0 radical (unpaired) electrons. The van der Waals surface area contributed by atoms with Gasteiger partial charge in [-0.1, -0.05) is 0 Å². The molecule has 0 heterocycles. The van der Waals surface area contributed by atoms with Crippen LogP contribution in [0.1, 0.15) is 21.5 Å². The van der Waals surface area contributed by atoms with Gasteiger partial charge in [0.2, 0.25) is 0 Å². The first-order valence-electron chi connectivity index (χ1n) is 4.55. The van der Waals surface area contributed by atoms with E-state index in [4.69, 9.17) is 0 Å². The molecule has 0 N–H and O–H groups in total. The van der Waals surface area contributed by atoms with Crippen molar-refractivity contribution in [2.24, 2.45) is 0 Å². The van der Waals surface area contributed by atoms with Crippen LogP contribution in [0.3, 0.4) is 0 Å². The first-order valence-corrected chi connectivity index (χ1v) is 5.63. The van der Waals surface area contributed by atoms with Gasteiger partial charge in [-0.2, -0.15) is 26.3 Å². The normalized spacial score (nSPS) is 12.4. The quantitative estimate of drug-likeness (QED) is 0.405. The zero-order valence-electron chi connectivity index (χ0n) is 9.12. The molecule has 0 aromatic heterocycles. The minimum atomic E-state index is -4.95. The van der Waals surface area contributed by atoms with Crippen molar-refractivity contribution >= 4 is 28.6 Å². The van der Waals surface area contributed by atoms with Crippen LogP contribution in [0.5, 0.6) is 0 Å². The smallest absolute Gasteiger partial charge is 0.417 e. The van der Waals surface area contributed by atoms with Gasteiger partial charge in [-0.15, -0.1) is 0 Å². The van der Waals surface area contributed by atoms with E-state index >= 15 is 0 Å². The molecule has 0 saturated carbocycles. The van der Waals surface area contributed by atoms with Crippen molar-refractivity contribution in [3.05, 3.63) is 32.4 Å². The molecule has 9 heteroatoms. The fraction of sp³-hybridized carbons (Fsp3) is 0.300. The number of carbonyl (C=O) groups excluding carboxylic acids is 1. The van der Waals surface area contributed by atoms with Gasteiger partial charge in [-0.3, -0.25) is 0 Å². The van der Waals surface area contributed by atoms with Gasteiger partial charge in [-0.05, 0) is 34.7 Å². The number of hydrogen-bond acceptors (Lipinski definition) is 2. The Hall–Kier alpha value is -1.00. The molecule has 1 rings (SSSR count). The number of halogens is 7. The fourth-order valence-corrected chi connectivity index (χ4v) is 2.33. The summed E-state index contributed by atoms with van der Waals surface area (Å²) in [7, 11) is 0.791. The van der Waals surface area contributed by atoms with Gasteiger partial charge in [0.25, 0.3) is 0 Å². The Kier molecular flexibility index (Phi) is 4.37. The lowest BCUT2D eigenvalue weighted by atomic mass is 10.0. The fourth-order valence-electron chi connectivity index (χ4n) is 1.33. The Balaban J connectivity index is 3.65. The summed E-state index contributed by atoms with van der Waals surface area (Å²) in [6, 6.07) is 0.508. The maximum Gasteiger partial charge on any atom is 0.417 e. The molecule has 0 aliphatic heterocycles. The molecule has 0 spiro atoms. The van der Waals surface area contributed by atoms with Crippen LogP contribution in [0, 0.1) is 3.57 Å². The van der Waals surface area contributed by atoms with Crippen molar-refractivity contribution in [3.63, 3.8) is 0 Å². The largest absolute Gasteiger partial charge is 0.465 e. The van der Waals surface area contributed by atoms with E-state index in [2.05, 4.69) is 4.74 Å². The number of carbonyl (C=O) groups is 1. The van der Waals surface area contributed by atoms with Gasteiger partial charge < -0.3 is 4.74 Å². The van der Waals surface area contributed by atoms with Crippen LogP contribution in [0.15, 0.2) is 12.1 Å². The van der Waals surface area contributed by atoms with E-state index in [-0.39, 0.29) is 12.1 Å². The summed E-state index contributed by atoms with van der Waals surface area (Å²) in [6.45, 7) is 0. The molecule has 0 bridgehead atoms. The van der Waals surface area contributed by atoms with Crippen LogP contribution in [0.4, 0.5) is 26.3 Å². The average molecular weight is 398 g/mol. The molecule has 0 aliphatic carbocycles. The van der Waals surface area contributed by atoms with Crippen molar-refractivity contribution in [2.75, 3.05) is 7.11 Å². The van der Waals surface area contributed by atoms with Gasteiger partial charge in [0.05, 0.1) is 23.8 Å². The second kappa shape index (κ2) is 5.17. The summed E-state index contributed by atoms with van der Waals surface area (Å²) in [5.74, 6) is -1.47. The van der Waals surface area contributed by atoms with Gasteiger partial charge in [0.1, 0.15) is 0 Å². The monoisotopic (exact) mass is 398 g/mol. The highest BCUT2D eigenvalue weighted by atomic mass is 127. The average Bonchev–Trinajstić information content (AvgIpc) is 2.24. The lowest BCUT2D eigenvalue weighted by Crippen LogP contribution is -2.19. The number of esters is 1. The minimum Gasteiger partial charge on any atom is -0.465 e. The lowest BCUT2D eigenvalue weighted by molar-refractivity contribution is -0.142. The standard InChI is InChI=1S/C10H5F6IO2/c1-19-8(18)6-4(9(11,12)13)2-3-5(7(6)17)10(14,15)16/h2-3H,1H3. The van der Waals surface area contributed by atoms with E-state index in [9.17, 15) is 31.1 Å². The maximum atomic E-state index is 12.7. The van der Waals surface area contributed by atoms with Crippen LogP contribution < -0.4 is 0 Å². The molecule has 0 unspecified atom stereocenters. The molecular weight excluding hydrogens is 393 g/mol. The Morgan fingerprint density at radius 2 is 1.47 bits per heavy atom. The zero-order chi connectivity index (χ0) is 15.0. The van der Waals surface area contributed by atoms with E-state index in [0.29, 0.717) is 0 Å². The summed E-state index contributed by atoms with van der Waals surface area (Å²) in [6.07, 6.45) is -9.81. The molecule has 1 aromatic rings. The summed E-state index contributed by atoms with van der Waals surface area (Å²) in [5.41, 5.74) is -3.91. The van der Waals surface area contributed by atoms with Crippen LogP contribution in [0.2, 0.25) is 0 Å². The lowest BCUT2D eigenvalue weighted by Gasteiger charge is -2.17. The highest BCUT2D eigenvalue weighted by Crippen LogP contribution is 2.40. The SMILES string of the molecule is COC(=O)c1c(C(F)(F)F)ccc(C(F)(F)F)c1I. The van der Waals surface area contributed by atoms with E-state index in [1.54, 1.807) is 0 Å². The topological polar surface area (TPSA) is 26.3 Å². The summed E-state index contributed by atoms with van der Waals surface area (Å²) >= 11 is 1.05. The van der Waals surface area contributed by atoms with Crippen LogP contribution in [-0.4, -0.2) is 13.1 Å². The van der Waals surface area contributed by atoms with Gasteiger partial charge >= 0.3 is 18.3 Å². The molecule has 0 atom stereocenters. The van der Waals surface area contributed by atoms with Crippen LogP contribution in [-0.2, 0) is 17.1 Å². The number of alkyl halides is 6. The van der Waals surface area contributed by atoms with Gasteiger partial charge in [-0.25, -0.2) is 4.79 Å². The highest BCUT2D eigenvalue weighted by molar-refractivity contribution is 14.1. The summed E-state index contributed by atoms with van der Waals surface area (Å²) < 4.78 is 79.0. The molecule has 0 saturated heterocycles. The number of benzene rings is 1. The molecule has 106 valence electrons. The molecule has 19 heavy (non-hydrogen) atoms. The Morgan fingerprint density at radius 3 is 1.84 bits per heavy atom. The van der Waals surface area contributed by atoms with Crippen LogP contribution in [0.25, 0.3) is 0 Å². The first-order chi connectivity index (χ1) is 8.50. The second-order valence-corrected chi connectivity index (χ2v) is 4.42. The molecule has 2 nitrogen and oxygen atoms in total. The molecule has 1 aromatic carbocycles. The predicted molar refractivity (Wildman–Crippen MR) is 60.5 cm³/mol. The van der Waals surface area contributed by atoms with Gasteiger partial charge in [0, 0.05) is 3.57 Å². The third kappa shape index (κ3) is 3.31. The molecule has 0 aliphatic rings. The first kappa shape index (κ1) is 16.1. The van der Waals surface area contributed by atoms with Gasteiger partial charge in [0.15, 0.2) is 0 Å². The Morgan fingerprint density at radius 1 is 1.05 bits per heavy atom. The van der Waals surface area contributed by atoms with E-state index < -0.39 is 38.6 Å².